The number of hydrogen-bond acceptors (Lipinski definition) is 4. The van der Waals surface area contributed by atoms with Crippen LogP contribution >= 0.6 is 0 Å². The molecule has 1 aromatic carbocycles. The van der Waals surface area contributed by atoms with Gasteiger partial charge in [-0.2, -0.15) is 0 Å². The molecule has 2 unspecified atom stereocenters. The van der Waals surface area contributed by atoms with Crippen LogP contribution in [0, 0.1) is 5.92 Å². The van der Waals surface area contributed by atoms with Crippen LogP contribution in [0.5, 0.6) is 0 Å². The Morgan fingerprint density at radius 3 is 2.62 bits per heavy atom. The second kappa shape index (κ2) is 8.44. The van der Waals surface area contributed by atoms with Gasteiger partial charge in [0.1, 0.15) is 5.69 Å². The molecule has 0 fully saturated rings. The Kier molecular flexibility index (Phi) is 6.31. The maximum atomic E-state index is 11.9. The van der Waals surface area contributed by atoms with E-state index < -0.39 is 6.10 Å². The summed E-state index contributed by atoms with van der Waals surface area (Å²) in [6.45, 7) is 6.17. The monoisotopic (exact) mass is 331 g/mol. The number of nitrogens with zero attached hydrogens (tertiary/aromatic N) is 3. The molecular weight excluding hydrogens is 306 g/mol. The van der Waals surface area contributed by atoms with Crippen LogP contribution in [0.4, 0.5) is 4.79 Å². The number of benzene rings is 1. The molecule has 1 heterocycles. The highest BCUT2D eigenvalue weighted by Crippen LogP contribution is 2.11. The third-order valence-electron chi connectivity index (χ3n) is 3.82. The fourth-order valence-corrected chi connectivity index (χ4v) is 2.17. The Balaban J connectivity index is 1.83. The Labute approximate surface area is 142 Å². The van der Waals surface area contributed by atoms with E-state index in [1.165, 1.54) is 0 Å². The van der Waals surface area contributed by atoms with E-state index in [1.54, 1.807) is 10.9 Å². The first-order chi connectivity index (χ1) is 11.5. The third kappa shape index (κ3) is 5.06. The number of aromatic nitrogens is 3. The number of rotatable bonds is 7. The van der Waals surface area contributed by atoms with Crippen LogP contribution in [0.2, 0.25) is 0 Å². The predicted octanol–water partition coefficient (Wildman–Crippen LogP) is 2.03. The molecule has 2 aromatic rings. The van der Waals surface area contributed by atoms with Crippen LogP contribution < -0.4 is 10.6 Å². The van der Waals surface area contributed by atoms with Gasteiger partial charge in [0.05, 0.1) is 24.0 Å². The summed E-state index contributed by atoms with van der Waals surface area (Å²) in [4.78, 5) is 11.9. The molecule has 1 aromatic heterocycles. The Morgan fingerprint density at radius 1 is 1.25 bits per heavy atom. The van der Waals surface area contributed by atoms with Crippen LogP contribution in [0.25, 0.3) is 5.69 Å². The van der Waals surface area contributed by atoms with E-state index in [-0.39, 0.29) is 18.0 Å². The van der Waals surface area contributed by atoms with Gasteiger partial charge in [0, 0.05) is 6.54 Å². The van der Waals surface area contributed by atoms with Crippen molar-refractivity contribution in [1.82, 2.24) is 25.6 Å². The molecule has 7 nitrogen and oxygen atoms in total. The van der Waals surface area contributed by atoms with Gasteiger partial charge in [-0.1, -0.05) is 37.3 Å². The van der Waals surface area contributed by atoms with Crippen molar-refractivity contribution in [2.75, 3.05) is 6.54 Å². The van der Waals surface area contributed by atoms with Gasteiger partial charge < -0.3 is 15.7 Å². The van der Waals surface area contributed by atoms with E-state index >= 15 is 0 Å². The minimum absolute atomic E-state index is 0.182. The van der Waals surface area contributed by atoms with E-state index in [2.05, 4.69) is 20.9 Å². The van der Waals surface area contributed by atoms with Gasteiger partial charge in [-0.3, -0.25) is 0 Å². The summed E-state index contributed by atoms with van der Waals surface area (Å²) < 4.78 is 1.67. The lowest BCUT2D eigenvalue weighted by atomic mass is 10.0. The molecule has 0 saturated heterocycles. The summed E-state index contributed by atoms with van der Waals surface area (Å²) >= 11 is 0. The van der Waals surface area contributed by atoms with Gasteiger partial charge in [0.15, 0.2) is 0 Å². The SMILES string of the molecule is CC(NC(=O)NCCC(O)C(C)C)c1cn(-c2ccccc2)nn1. The van der Waals surface area contributed by atoms with Crippen LogP contribution in [0.1, 0.15) is 38.9 Å². The van der Waals surface area contributed by atoms with Crippen LogP contribution in [-0.2, 0) is 0 Å². The molecule has 2 rings (SSSR count). The fraction of sp³-hybridized carbons (Fsp3) is 0.471. The number of aliphatic hydroxyl groups excluding tert-OH is 1. The van der Waals surface area contributed by atoms with Crippen LogP contribution in [0.3, 0.4) is 0 Å². The minimum atomic E-state index is -0.409. The number of urea groups is 1. The topological polar surface area (TPSA) is 92.1 Å². The molecule has 130 valence electrons. The molecule has 0 aliphatic carbocycles. The van der Waals surface area contributed by atoms with E-state index in [1.807, 2.05) is 51.1 Å². The average molecular weight is 331 g/mol. The van der Waals surface area contributed by atoms with Crippen LogP contribution in [0.15, 0.2) is 36.5 Å². The smallest absolute Gasteiger partial charge is 0.315 e. The molecule has 2 amide bonds. The molecule has 0 bridgehead atoms. The van der Waals surface area contributed by atoms with Crippen molar-refractivity contribution in [1.29, 1.82) is 0 Å². The number of carbonyl (C=O) groups is 1. The zero-order valence-electron chi connectivity index (χ0n) is 14.3. The highest BCUT2D eigenvalue weighted by atomic mass is 16.3. The van der Waals surface area contributed by atoms with Crippen molar-refractivity contribution in [2.24, 2.45) is 5.92 Å². The fourth-order valence-electron chi connectivity index (χ4n) is 2.17. The van der Waals surface area contributed by atoms with Crippen molar-refractivity contribution in [3.05, 3.63) is 42.2 Å². The third-order valence-corrected chi connectivity index (χ3v) is 3.82. The molecule has 2 atom stereocenters. The lowest BCUT2D eigenvalue weighted by Crippen LogP contribution is -2.38. The number of para-hydroxylation sites is 1. The van der Waals surface area contributed by atoms with E-state index in [0.29, 0.717) is 18.7 Å². The van der Waals surface area contributed by atoms with Gasteiger partial charge in [0.2, 0.25) is 0 Å². The molecule has 0 aliphatic heterocycles. The first-order valence-electron chi connectivity index (χ1n) is 8.17. The number of aliphatic hydroxyl groups is 1. The summed E-state index contributed by atoms with van der Waals surface area (Å²) in [5, 5.41) is 23.5. The highest BCUT2D eigenvalue weighted by Gasteiger charge is 2.14. The number of carbonyl (C=O) groups excluding carboxylic acids is 1. The van der Waals surface area contributed by atoms with Crippen molar-refractivity contribution in [3.63, 3.8) is 0 Å². The number of amides is 2. The Hall–Kier alpha value is -2.41. The quantitative estimate of drug-likeness (QED) is 0.724. The molecule has 0 radical (unpaired) electrons. The second-order valence-corrected chi connectivity index (χ2v) is 6.15. The van der Waals surface area contributed by atoms with Crippen molar-refractivity contribution in [2.45, 2.75) is 39.3 Å². The Bertz CT molecular complexity index is 641. The molecular formula is C17H25N5O2. The predicted molar refractivity (Wildman–Crippen MR) is 91.8 cm³/mol. The molecule has 0 aliphatic rings. The summed E-state index contributed by atoms with van der Waals surface area (Å²) in [7, 11) is 0. The zero-order chi connectivity index (χ0) is 17.5. The summed E-state index contributed by atoms with van der Waals surface area (Å²) in [6, 6.07) is 9.11. The average Bonchev–Trinajstić information content (AvgIpc) is 3.05. The molecule has 7 heteroatoms. The maximum absolute atomic E-state index is 11.9. The van der Waals surface area contributed by atoms with E-state index in [4.69, 9.17) is 0 Å². The highest BCUT2D eigenvalue weighted by molar-refractivity contribution is 5.74. The largest absolute Gasteiger partial charge is 0.393 e. The minimum Gasteiger partial charge on any atom is -0.393 e. The molecule has 0 saturated carbocycles. The standard InChI is InChI=1S/C17H25N5O2/c1-12(2)16(23)9-10-18-17(24)19-13(3)15-11-22(21-20-15)14-7-5-4-6-8-14/h4-8,11-13,16,23H,9-10H2,1-3H3,(H2,18,19,24). The maximum Gasteiger partial charge on any atom is 0.315 e. The van der Waals surface area contributed by atoms with Gasteiger partial charge in [-0.25, -0.2) is 9.48 Å². The van der Waals surface area contributed by atoms with Gasteiger partial charge in [-0.05, 0) is 31.4 Å². The Morgan fingerprint density at radius 2 is 1.96 bits per heavy atom. The number of hydrogen-bond donors (Lipinski definition) is 3. The van der Waals surface area contributed by atoms with Gasteiger partial charge in [0.25, 0.3) is 0 Å². The first-order valence-corrected chi connectivity index (χ1v) is 8.17. The van der Waals surface area contributed by atoms with Gasteiger partial charge in [-0.15, -0.1) is 5.10 Å². The molecule has 24 heavy (non-hydrogen) atoms. The summed E-state index contributed by atoms with van der Waals surface area (Å²) in [5.41, 5.74) is 1.59. The lowest BCUT2D eigenvalue weighted by Gasteiger charge is -2.16. The van der Waals surface area contributed by atoms with E-state index in [9.17, 15) is 9.90 Å². The van der Waals surface area contributed by atoms with Crippen molar-refractivity contribution in [3.8, 4) is 5.69 Å². The summed E-state index contributed by atoms with van der Waals surface area (Å²) in [6.07, 6.45) is 1.92. The lowest BCUT2D eigenvalue weighted by molar-refractivity contribution is 0.116. The van der Waals surface area contributed by atoms with Crippen LogP contribution in [-0.4, -0.2) is 38.8 Å². The molecule has 3 N–H and O–H groups in total. The van der Waals surface area contributed by atoms with Gasteiger partial charge >= 0.3 is 6.03 Å². The van der Waals surface area contributed by atoms with Crippen molar-refractivity contribution >= 4 is 6.03 Å². The zero-order valence-corrected chi connectivity index (χ0v) is 14.3. The van der Waals surface area contributed by atoms with E-state index in [0.717, 1.165) is 5.69 Å². The first kappa shape index (κ1) is 17.9. The normalized spacial score (nSPS) is 13.5. The number of nitrogens with one attached hydrogen (secondary N) is 2. The second-order valence-electron chi connectivity index (χ2n) is 6.15. The van der Waals surface area contributed by atoms with Crippen molar-refractivity contribution < 1.29 is 9.90 Å². The summed E-state index contributed by atoms with van der Waals surface area (Å²) in [5.74, 6) is 0.182. The molecule has 0 spiro atoms.